The summed E-state index contributed by atoms with van der Waals surface area (Å²) in [6.07, 6.45) is 2.83. The summed E-state index contributed by atoms with van der Waals surface area (Å²) in [6.45, 7) is 0. The van der Waals surface area contributed by atoms with Crippen LogP contribution in [0, 0.1) is 5.82 Å². The lowest BCUT2D eigenvalue weighted by atomic mass is 10.1. The monoisotopic (exact) mass is 510 g/mol. The molecular weight excluding hydrogens is 487 g/mol. The molecule has 6 nitrogen and oxygen atoms in total. The van der Waals surface area contributed by atoms with Crippen molar-refractivity contribution < 1.29 is 14.0 Å². The third-order valence-electron chi connectivity index (χ3n) is 5.16. The van der Waals surface area contributed by atoms with Gasteiger partial charge >= 0.3 is 0 Å². The molecule has 0 aromatic heterocycles. The van der Waals surface area contributed by atoms with Crippen molar-refractivity contribution in [2.75, 3.05) is 16.0 Å². The van der Waals surface area contributed by atoms with Gasteiger partial charge < -0.3 is 16.0 Å². The quantitative estimate of drug-likeness (QED) is 0.172. The van der Waals surface area contributed by atoms with Crippen molar-refractivity contribution >= 4 is 58.0 Å². The smallest absolute Gasteiger partial charge is 0.257 e. The van der Waals surface area contributed by atoms with Crippen LogP contribution in [0.4, 0.5) is 27.1 Å². The van der Waals surface area contributed by atoms with Gasteiger partial charge in [-0.15, -0.1) is 0 Å². The van der Waals surface area contributed by atoms with E-state index in [0.717, 1.165) is 11.4 Å². The predicted molar refractivity (Wildman–Crippen MR) is 150 cm³/mol. The summed E-state index contributed by atoms with van der Waals surface area (Å²) >= 11 is 5.24. The molecule has 0 aliphatic heterocycles. The van der Waals surface area contributed by atoms with Gasteiger partial charge in [0, 0.05) is 23.1 Å². The van der Waals surface area contributed by atoms with E-state index in [4.69, 9.17) is 12.2 Å². The van der Waals surface area contributed by atoms with E-state index in [0.29, 0.717) is 22.5 Å². The Morgan fingerprint density at radius 2 is 1.32 bits per heavy atom. The maximum atomic E-state index is 13.0. The van der Waals surface area contributed by atoms with Crippen LogP contribution in [0.25, 0.3) is 6.08 Å². The molecule has 0 bridgehead atoms. The van der Waals surface area contributed by atoms with Crippen molar-refractivity contribution in [3.63, 3.8) is 0 Å². The Hall–Kier alpha value is -4.82. The van der Waals surface area contributed by atoms with Gasteiger partial charge in [-0.25, -0.2) is 4.39 Å². The molecule has 4 aromatic carbocycles. The number of anilines is 4. The number of amides is 2. The lowest BCUT2D eigenvalue weighted by molar-refractivity contribution is -0.115. The lowest BCUT2D eigenvalue weighted by Crippen LogP contribution is -2.33. The molecule has 0 saturated heterocycles. The molecule has 0 heterocycles. The third kappa shape index (κ3) is 7.58. The SMILES string of the molecule is O=C(/C=C/c1ccc(F)cc1)NC(=S)Nc1ccccc1C(=O)Nc1ccc(Nc2ccccc2)cc1. The van der Waals surface area contributed by atoms with Crippen LogP contribution in [0.15, 0.2) is 109 Å². The minimum absolute atomic E-state index is 0.0327. The molecule has 0 atom stereocenters. The van der Waals surface area contributed by atoms with Crippen molar-refractivity contribution in [1.82, 2.24) is 5.32 Å². The van der Waals surface area contributed by atoms with Gasteiger partial charge in [0.05, 0.1) is 11.3 Å². The summed E-state index contributed by atoms with van der Waals surface area (Å²) in [7, 11) is 0. The average molecular weight is 511 g/mol. The Labute approximate surface area is 219 Å². The topological polar surface area (TPSA) is 82.3 Å². The highest BCUT2D eigenvalue weighted by molar-refractivity contribution is 7.80. The Bertz CT molecular complexity index is 1420. The van der Waals surface area contributed by atoms with E-state index < -0.39 is 5.91 Å². The van der Waals surface area contributed by atoms with Gasteiger partial charge in [0.15, 0.2) is 5.11 Å². The number of thiocarbonyl (C=S) groups is 1. The number of carbonyl (C=O) groups excluding carboxylic acids is 2. The number of hydrogen-bond acceptors (Lipinski definition) is 4. The summed E-state index contributed by atoms with van der Waals surface area (Å²) in [6, 6.07) is 29.7. The molecule has 4 rings (SSSR count). The fourth-order valence-corrected chi connectivity index (χ4v) is 3.58. The van der Waals surface area contributed by atoms with E-state index in [9.17, 15) is 14.0 Å². The second kappa shape index (κ2) is 12.2. The highest BCUT2D eigenvalue weighted by Crippen LogP contribution is 2.21. The Kier molecular flexibility index (Phi) is 8.36. The van der Waals surface area contributed by atoms with Crippen molar-refractivity contribution in [3.8, 4) is 0 Å². The first-order chi connectivity index (χ1) is 18.0. The van der Waals surface area contributed by atoms with E-state index in [1.165, 1.54) is 18.2 Å². The first kappa shape index (κ1) is 25.3. The molecule has 0 spiro atoms. The van der Waals surface area contributed by atoms with E-state index in [1.54, 1.807) is 54.6 Å². The maximum absolute atomic E-state index is 13.0. The van der Waals surface area contributed by atoms with Crippen LogP contribution in [0.1, 0.15) is 15.9 Å². The molecule has 4 aromatic rings. The van der Waals surface area contributed by atoms with E-state index in [-0.39, 0.29) is 16.8 Å². The van der Waals surface area contributed by atoms with Crippen molar-refractivity contribution in [3.05, 3.63) is 126 Å². The lowest BCUT2D eigenvalue weighted by Gasteiger charge is -2.13. The molecule has 2 amide bonds. The minimum atomic E-state index is -0.465. The Morgan fingerprint density at radius 1 is 0.703 bits per heavy atom. The summed E-state index contributed by atoms with van der Waals surface area (Å²) in [5, 5.41) is 11.6. The van der Waals surface area contributed by atoms with Gasteiger partial charge in [-0.3, -0.25) is 14.9 Å². The highest BCUT2D eigenvalue weighted by Gasteiger charge is 2.13. The van der Waals surface area contributed by atoms with Crippen LogP contribution >= 0.6 is 12.2 Å². The number of rotatable bonds is 7. The third-order valence-corrected chi connectivity index (χ3v) is 5.36. The first-order valence-corrected chi connectivity index (χ1v) is 11.8. The number of para-hydroxylation sites is 2. The molecule has 0 fully saturated rings. The van der Waals surface area contributed by atoms with Crippen LogP contribution in [0.5, 0.6) is 0 Å². The molecule has 0 saturated carbocycles. The van der Waals surface area contributed by atoms with Gasteiger partial charge in [0.2, 0.25) is 5.91 Å². The van der Waals surface area contributed by atoms with Gasteiger partial charge in [-0.2, -0.15) is 0 Å². The first-order valence-electron chi connectivity index (χ1n) is 11.3. The van der Waals surface area contributed by atoms with Crippen LogP contribution in [-0.2, 0) is 4.79 Å². The standard InChI is InChI=1S/C29H23FN4O2S/c30-21-13-10-20(11-14-21)12-19-27(35)34-29(37)33-26-9-5-4-8-25(26)28(36)32-24-17-15-23(16-18-24)31-22-6-2-1-3-7-22/h1-19,31H,(H,32,36)(H2,33,34,35,37)/b19-12+. The minimum Gasteiger partial charge on any atom is -0.356 e. The van der Waals surface area contributed by atoms with E-state index >= 15 is 0 Å². The zero-order valence-electron chi connectivity index (χ0n) is 19.6. The van der Waals surface area contributed by atoms with E-state index in [1.807, 2.05) is 42.5 Å². The van der Waals surface area contributed by atoms with Gasteiger partial charge in [-0.1, -0.05) is 42.5 Å². The van der Waals surface area contributed by atoms with Crippen molar-refractivity contribution in [2.24, 2.45) is 0 Å². The Morgan fingerprint density at radius 3 is 2.05 bits per heavy atom. The summed E-state index contributed by atoms with van der Waals surface area (Å²) < 4.78 is 13.0. The molecule has 0 unspecified atom stereocenters. The largest absolute Gasteiger partial charge is 0.356 e. The van der Waals surface area contributed by atoms with E-state index in [2.05, 4.69) is 21.3 Å². The molecule has 184 valence electrons. The van der Waals surface area contributed by atoms with Gasteiger partial charge in [0.1, 0.15) is 5.82 Å². The molecule has 0 aliphatic carbocycles. The molecular formula is C29H23FN4O2S. The number of carbonyl (C=O) groups is 2. The summed E-state index contributed by atoms with van der Waals surface area (Å²) in [5.41, 5.74) is 3.94. The summed E-state index contributed by atoms with van der Waals surface area (Å²) in [4.78, 5) is 25.2. The van der Waals surface area contributed by atoms with Gasteiger partial charge in [-0.05, 0) is 84.5 Å². The molecule has 4 N–H and O–H groups in total. The number of hydrogen-bond donors (Lipinski definition) is 4. The molecule has 0 aliphatic rings. The number of benzene rings is 4. The fraction of sp³-hybridized carbons (Fsp3) is 0. The predicted octanol–water partition coefficient (Wildman–Crippen LogP) is 6.35. The zero-order chi connectivity index (χ0) is 26.0. The van der Waals surface area contributed by atoms with Crippen LogP contribution in [-0.4, -0.2) is 16.9 Å². The van der Waals surface area contributed by atoms with Crippen LogP contribution in [0.2, 0.25) is 0 Å². The van der Waals surface area contributed by atoms with Crippen molar-refractivity contribution in [2.45, 2.75) is 0 Å². The second-order valence-electron chi connectivity index (χ2n) is 7.90. The van der Waals surface area contributed by atoms with Crippen LogP contribution < -0.4 is 21.3 Å². The fourth-order valence-electron chi connectivity index (χ4n) is 3.37. The maximum Gasteiger partial charge on any atom is 0.257 e. The van der Waals surface area contributed by atoms with Gasteiger partial charge in [0.25, 0.3) is 5.91 Å². The molecule has 0 radical (unpaired) electrons. The molecule has 8 heteroatoms. The average Bonchev–Trinajstić information content (AvgIpc) is 2.90. The van der Waals surface area contributed by atoms with Crippen molar-refractivity contribution in [1.29, 1.82) is 0 Å². The van der Waals surface area contributed by atoms with Crippen LogP contribution in [0.3, 0.4) is 0 Å². The number of halogens is 1. The highest BCUT2D eigenvalue weighted by atomic mass is 32.1. The zero-order valence-corrected chi connectivity index (χ0v) is 20.4. The Balaban J connectivity index is 1.35. The normalized spacial score (nSPS) is 10.5. The second-order valence-corrected chi connectivity index (χ2v) is 8.30. The number of nitrogens with one attached hydrogen (secondary N) is 4. The molecule has 37 heavy (non-hydrogen) atoms. The summed E-state index contributed by atoms with van der Waals surface area (Å²) in [5.74, 6) is -1.16.